The highest BCUT2D eigenvalue weighted by atomic mass is 35.5. The number of likely N-dealkylation sites (N-methyl/N-ethyl adjacent to an activating group) is 1. The van der Waals surface area contributed by atoms with Crippen molar-refractivity contribution in [2.75, 3.05) is 41.9 Å². The van der Waals surface area contributed by atoms with Crippen LogP contribution in [0.1, 0.15) is 22.5 Å². The molecule has 1 aliphatic carbocycles. The Bertz CT molecular complexity index is 1730. The maximum Gasteiger partial charge on any atom is 0.274 e. The fourth-order valence-electron chi connectivity index (χ4n) is 6.13. The van der Waals surface area contributed by atoms with Crippen molar-refractivity contribution < 1.29 is 41.4 Å². The maximum atomic E-state index is 15.3. The Balaban J connectivity index is 1.86. The first-order chi connectivity index (χ1) is 21.6. The molecule has 2 aliphatic heterocycles. The van der Waals surface area contributed by atoms with Crippen LogP contribution in [0.25, 0.3) is 0 Å². The van der Waals surface area contributed by atoms with Crippen molar-refractivity contribution in [3.63, 3.8) is 0 Å². The SMILES string of the molecule is [2H]C([2H])([2H])Oc1ccccc1[C@@]1(N2C[C@H](O)C[C@H]2C(=O)N(C)C)C(=O)N(S(=O)(=O)c2ccc(OC)cc2OC)C2=CCC(Cl)C=C21. The highest BCUT2D eigenvalue weighted by Gasteiger charge is 2.66. The molecule has 2 heterocycles. The zero-order valence-electron chi connectivity index (χ0n) is 27.0. The molecule has 2 aromatic carbocycles. The number of para-hydroxylation sites is 1. The lowest BCUT2D eigenvalue weighted by Crippen LogP contribution is -2.58. The number of nitrogens with zero attached hydrogens (tertiary/aromatic N) is 3. The molecule has 0 aromatic heterocycles. The van der Waals surface area contributed by atoms with Gasteiger partial charge < -0.3 is 24.2 Å². The number of carbonyl (C=O) groups excluding carboxylic acids is 2. The lowest BCUT2D eigenvalue weighted by atomic mass is 9.78. The van der Waals surface area contributed by atoms with Gasteiger partial charge in [-0.2, -0.15) is 0 Å². The van der Waals surface area contributed by atoms with Gasteiger partial charge in [-0.15, -0.1) is 11.6 Å². The van der Waals surface area contributed by atoms with Crippen LogP contribution in [0.2, 0.25) is 0 Å². The Hall–Kier alpha value is -3.58. The van der Waals surface area contributed by atoms with Crippen molar-refractivity contribution in [3.05, 3.63) is 71.5 Å². The van der Waals surface area contributed by atoms with Gasteiger partial charge in [0.15, 0.2) is 5.54 Å². The lowest BCUT2D eigenvalue weighted by Gasteiger charge is -2.42. The van der Waals surface area contributed by atoms with Crippen LogP contribution in [0.3, 0.4) is 0 Å². The minimum absolute atomic E-state index is 0.0269. The van der Waals surface area contributed by atoms with Crippen LogP contribution >= 0.6 is 11.6 Å². The number of aliphatic hydroxyl groups excluding tert-OH is 1. The summed E-state index contributed by atoms with van der Waals surface area (Å²) in [5.74, 6) is -1.52. The predicted molar refractivity (Wildman–Crippen MR) is 158 cm³/mol. The van der Waals surface area contributed by atoms with Gasteiger partial charge in [0.05, 0.1) is 48.6 Å². The summed E-state index contributed by atoms with van der Waals surface area (Å²) in [4.78, 5) is 31.3. The molecule has 0 saturated carbocycles. The number of β-amino-alcohol motifs (C(OH)–C–C–N with tert-alkyl or cyclic N) is 1. The molecule has 0 bridgehead atoms. The van der Waals surface area contributed by atoms with Crippen LogP contribution in [0.4, 0.5) is 0 Å². The van der Waals surface area contributed by atoms with Crippen molar-refractivity contribution in [1.82, 2.24) is 14.1 Å². The topological polar surface area (TPSA) is 126 Å². The van der Waals surface area contributed by atoms with E-state index in [1.54, 1.807) is 6.07 Å². The van der Waals surface area contributed by atoms with E-state index < -0.39 is 51.9 Å². The number of likely N-dealkylation sites (tertiary alicyclic amines) is 1. The number of halogens is 1. The van der Waals surface area contributed by atoms with Crippen LogP contribution in [-0.2, 0) is 25.2 Å². The molecule has 2 fully saturated rings. The molecule has 1 N–H and O–H groups in total. The molecule has 2 saturated heterocycles. The number of carbonyl (C=O) groups is 2. The van der Waals surface area contributed by atoms with E-state index in [1.807, 2.05) is 0 Å². The van der Waals surface area contributed by atoms with Gasteiger partial charge in [0.1, 0.15) is 22.1 Å². The van der Waals surface area contributed by atoms with E-state index in [9.17, 15) is 18.3 Å². The van der Waals surface area contributed by atoms with Gasteiger partial charge in [0.2, 0.25) is 5.91 Å². The Kier molecular flexibility index (Phi) is 7.22. The zero-order chi connectivity index (χ0) is 33.8. The predicted octanol–water partition coefficient (Wildman–Crippen LogP) is 2.48. The van der Waals surface area contributed by atoms with Crippen molar-refractivity contribution in [3.8, 4) is 17.2 Å². The van der Waals surface area contributed by atoms with E-state index in [-0.39, 0.29) is 52.6 Å². The molecule has 11 nitrogen and oxygen atoms in total. The van der Waals surface area contributed by atoms with Crippen LogP contribution < -0.4 is 14.2 Å². The van der Waals surface area contributed by atoms with Gasteiger partial charge in [-0.1, -0.05) is 30.4 Å². The Morgan fingerprint density at radius 1 is 1.14 bits per heavy atom. The third-order valence-electron chi connectivity index (χ3n) is 7.97. The molecular weight excluding hydrogens is 598 g/mol. The van der Waals surface area contributed by atoms with Gasteiger partial charge in [-0.25, -0.2) is 12.7 Å². The smallest absolute Gasteiger partial charge is 0.274 e. The Morgan fingerprint density at radius 2 is 1.88 bits per heavy atom. The first kappa shape index (κ1) is 27.0. The first-order valence-electron chi connectivity index (χ1n) is 14.9. The van der Waals surface area contributed by atoms with Crippen LogP contribution in [0, 0.1) is 0 Å². The second-order valence-electron chi connectivity index (χ2n) is 10.6. The average molecular weight is 635 g/mol. The molecule has 13 heteroatoms. The summed E-state index contributed by atoms with van der Waals surface area (Å²) in [5, 5.41) is 10.3. The summed E-state index contributed by atoms with van der Waals surface area (Å²) in [6.45, 7) is -0.241. The standard InChI is InChI=1S/C30H34ClN3O8S/c1-32(2)28(36)24-15-19(35)17-33(24)30(21-8-6-7-9-25(21)41-4)22-14-18(31)10-12-23(22)34(29(30)37)43(38,39)27-13-11-20(40-3)16-26(27)42-5/h6-9,11-14,16,18-19,24,35H,10,15,17H2,1-5H3/t18?,19-,24+,30+/m1/s1/i4D3. The molecule has 3 aliphatic rings. The summed E-state index contributed by atoms with van der Waals surface area (Å²) in [5.41, 5.74) is -2.14. The maximum absolute atomic E-state index is 15.3. The third kappa shape index (κ3) is 4.76. The number of sulfonamides is 1. The molecule has 2 amide bonds. The van der Waals surface area contributed by atoms with E-state index in [1.165, 1.54) is 86.7 Å². The number of fused-ring (bicyclic) bond motifs is 1. The van der Waals surface area contributed by atoms with Crippen molar-refractivity contribution in [2.24, 2.45) is 0 Å². The molecular formula is C30H34ClN3O8S. The number of alkyl halides is 1. The number of aliphatic hydroxyl groups is 1. The van der Waals surface area contributed by atoms with Crippen LogP contribution in [0.5, 0.6) is 17.2 Å². The lowest BCUT2D eigenvalue weighted by molar-refractivity contribution is -0.140. The van der Waals surface area contributed by atoms with Gasteiger partial charge in [-0.3, -0.25) is 14.5 Å². The molecule has 4 atom stereocenters. The number of ether oxygens (including phenoxy) is 3. The van der Waals surface area contributed by atoms with Crippen LogP contribution in [0.15, 0.2) is 70.8 Å². The third-order valence-corrected chi connectivity index (χ3v) is 10.0. The summed E-state index contributed by atoms with van der Waals surface area (Å²) in [7, 11) is -1.99. The molecule has 2 aromatic rings. The summed E-state index contributed by atoms with van der Waals surface area (Å²) in [6, 6.07) is 8.75. The first-order valence-corrected chi connectivity index (χ1v) is 15.3. The Labute approximate surface area is 260 Å². The number of rotatable bonds is 8. The van der Waals surface area contributed by atoms with E-state index in [0.717, 1.165) is 0 Å². The van der Waals surface area contributed by atoms with E-state index in [2.05, 4.69) is 0 Å². The number of benzene rings is 2. The summed E-state index contributed by atoms with van der Waals surface area (Å²) in [6.07, 6.45) is 2.03. The van der Waals surface area contributed by atoms with Crippen molar-refractivity contribution >= 4 is 33.4 Å². The minimum atomic E-state index is -4.75. The number of methoxy groups -OCH3 is 3. The molecule has 1 unspecified atom stereocenters. The van der Waals surface area contributed by atoms with Gasteiger partial charge in [-0.05, 0) is 31.0 Å². The van der Waals surface area contributed by atoms with E-state index in [0.29, 0.717) is 10.1 Å². The van der Waals surface area contributed by atoms with Crippen LogP contribution in [-0.4, -0.2) is 98.9 Å². The Morgan fingerprint density at radius 3 is 2.56 bits per heavy atom. The normalized spacial score (nSPS) is 26.9. The fraction of sp³-hybridized carbons (Fsp3) is 0.400. The van der Waals surface area contributed by atoms with E-state index in [4.69, 9.17) is 29.9 Å². The molecule has 43 heavy (non-hydrogen) atoms. The van der Waals surface area contributed by atoms with Crippen molar-refractivity contribution in [2.45, 2.75) is 40.8 Å². The molecule has 230 valence electrons. The quantitative estimate of drug-likeness (QED) is 0.436. The zero-order valence-corrected chi connectivity index (χ0v) is 25.6. The highest BCUT2D eigenvalue weighted by Crippen LogP contribution is 2.56. The monoisotopic (exact) mass is 634 g/mol. The summed E-state index contributed by atoms with van der Waals surface area (Å²) < 4.78 is 69.4. The molecule has 0 spiro atoms. The van der Waals surface area contributed by atoms with Gasteiger partial charge >= 0.3 is 0 Å². The minimum Gasteiger partial charge on any atom is -0.497 e. The van der Waals surface area contributed by atoms with Gasteiger partial charge in [0, 0.05) is 37.8 Å². The number of hydrogen-bond acceptors (Lipinski definition) is 9. The molecule has 0 radical (unpaired) electrons. The average Bonchev–Trinajstić information content (AvgIpc) is 3.50. The number of hydrogen-bond donors (Lipinski definition) is 1. The largest absolute Gasteiger partial charge is 0.497 e. The second kappa shape index (κ2) is 11.5. The summed E-state index contributed by atoms with van der Waals surface area (Å²) >= 11 is 6.64. The van der Waals surface area contributed by atoms with Crippen molar-refractivity contribution in [1.29, 1.82) is 0 Å². The second-order valence-corrected chi connectivity index (χ2v) is 12.9. The van der Waals surface area contributed by atoms with E-state index >= 15 is 4.79 Å². The number of amides is 2. The number of allylic oxidation sites excluding steroid dienone is 2. The van der Waals surface area contributed by atoms with Gasteiger partial charge in [0.25, 0.3) is 15.9 Å². The molecule has 5 rings (SSSR count). The fourth-order valence-corrected chi connectivity index (χ4v) is 7.96. The highest BCUT2D eigenvalue weighted by molar-refractivity contribution is 7.90.